The molecule has 0 radical (unpaired) electrons. The second-order valence-corrected chi connectivity index (χ2v) is 7.59. The molecular weight excluding hydrogens is 400 g/mol. The highest BCUT2D eigenvalue weighted by atomic mass is 35.5. The van der Waals surface area contributed by atoms with Crippen molar-refractivity contribution in [3.63, 3.8) is 0 Å². The third kappa shape index (κ3) is 3.71. The summed E-state index contributed by atoms with van der Waals surface area (Å²) in [6.45, 7) is 6.50. The minimum absolute atomic E-state index is 0.138. The molecule has 0 spiro atoms. The third-order valence-electron chi connectivity index (χ3n) is 5.39. The van der Waals surface area contributed by atoms with Crippen molar-refractivity contribution < 1.29 is 9.32 Å². The van der Waals surface area contributed by atoms with Crippen LogP contribution in [0, 0.1) is 0 Å². The van der Waals surface area contributed by atoms with Crippen LogP contribution < -0.4 is 5.32 Å². The van der Waals surface area contributed by atoms with Crippen molar-refractivity contribution >= 4 is 23.2 Å². The molecule has 4 rings (SSSR count). The number of nitrogens with one attached hydrogen (secondary N) is 1. The van der Waals surface area contributed by atoms with E-state index in [9.17, 15) is 4.79 Å². The van der Waals surface area contributed by atoms with Crippen molar-refractivity contribution in [3.8, 4) is 11.4 Å². The number of halogens is 1. The average molecular weight is 423 g/mol. The molecule has 1 aromatic heterocycles. The molecule has 0 aliphatic carbocycles. The predicted molar refractivity (Wildman–Crippen MR) is 117 cm³/mol. The summed E-state index contributed by atoms with van der Waals surface area (Å²) in [7, 11) is 0. The minimum atomic E-state index is -0.371. The molecule has 0 fully saturated rings. The summed E-state index contributed by atoms with van der Waals surface area (Å²) in [4.78, 5) is 19.0. The van der Waals surface area contributed by atoms with Crippen molar-refractivity contribution in [1.82, 2.24) is 20.4 Å². The van der Waals surface area contributed by atoms with Crippen molar-refractivity contribution in [1.29, 1.82) is 0 Å². The van der Waals surface area contributed by atoms with E-state index < -0.39 is 0 Å². The van der Waals surface area contributed by atoms with E-state index in [4.69, 9.17) is 16.1 Å². The minimum Gasteiger partial charge on any atom is -0.334 e. The first-order valence-electron chi connectivity index (χ1n) is 9.99. The summed E-state index contributed by atoms with van der Waals surface area (Å²) in [6, 6.07) is 15.0. The standard InChI is InChI=1S/C23H23ClN4O2/c1-4-15-6-8-16(9-7-15)20-19(14(3)28(5-2)23(29)25-20)22-26-21(27-30-22)17-10-12-18(24)13-11-17/h6-13,20H,4-5H2,1-3H3,(H,25,29). The summed E-state index contributed by atoms with van der Waals surface area (Å²) in [5.74, 6) is 0.863. The lowest BCUT2D eigenvalue weighted by atomic mass is 9.94. The number of aryl methyl sites for hydroxylation is 1. The van der Waals surface area contributed by atoms with E-state index in [1.807, 2.05) is 38.1 Å². The topological polar surface area (TPSA) is 71.3 Å². The molecule has 6 nitrogen and oxygen atoms in total. The van der Waals surface area contributed by atoms with Gasteiger partial charge in [-0.15, -0.1) is 0 Å². The van der Waals surface area contributed by atoms with Gasteiger partial charge >= 0.3 is 6.03 Å². The number of amides is 2. The van der Waals surface area contributed by atoms with Gasteiger partial charge in [-0.1, -0.05) is 47.9 Å². The Kier molecular flexibility index (Phi) is 5.59. The number of urea groups is 1. The number of aromatic nitrogens is 2. The van der Waals surface area contributed by atoms with Gasteiger partial charge in [-0.25, -0.2) is 4.79 Å². The Hall–Kier alpha value is -3.12. The number of rotatable bonds is 5. The molecule has 3 aromatic rings. The van der Waals surface area contributed by atoms with Gasteiger partial charge in [-0.2, -0.15) is 4.98 Å². The molecule has 30 heavy (non-hydrogen) atoms. The highest BCUT2D eigenvalue weighted by Crippen LogP contribution is 2.37. The van der Waals surface area contributed by atoms with Crippen LogP contribution in [0.15, 0.2) is 58.8 Å². The van der Waals surface area contributed by atoms with E-state index in [1.54, 1.807) is 17.0 Å². The van der Waals surface area contributed by atoms with E-state index in [-0.39, 0.29) is 12.1 Å². The zero-order valence-electron chi connectivity index (χ0n) is 17.1. The monoisotopic (exact) mass is 422 g/mol. The fourth-order valence-electron chi connectivity index (χ4n) is 3.68. The zero-order valence-corrected chi connectivity index (χ0v) is 17.9. The maximum Gasteiger partial charge on any atom is 0.322 e. The van der Waals surface area contributed by atoms with Crippen molar-refractivity contribution in [2.45, 2.75) is 33.2 Å². The van der Waals surface area contributed by atoms with E-state index in [1.165, 1.54) is 5.56 Å². The summed E-state index contributed by atoms with van der Waals surface area (Å²) in [5.41, 5.74) is 4.62. The normalized spacial score (nSPS) is 16.7. The van der Waals surface area contributed by atoms with Gasteiger partial charge in [0.15, 0.2) is 0 Å². The number of hydrogen-bond donors (Lipinski definition) is 1. The van der Waals surface area contributed by atoms with Crippen LogP contribution in [-0.4, -0.2) is 27.6 Å². The molecule has 1 aliphatic heterocycles. The number of hydrogen-bond acceptors (Lipinski definition) is 4. The van der Waals surface area contributed by atoms with Crippen LogP contribution in [0.1, 0.15) is 43.8 Å². The molecule has 2 heterocycles. The van der Waals surface area contributed by atoms with Crippen LogP contribution in [0.3, 0.4) is 0 Å². The number of nitrogens with zero attached hydrogens (tertiary/aromatic N) is 3. The largest absolute Gasteiger partial charge is 0.334 e. The molecule has 1 atom stereocenters. The SMILES string of the molecule is CCc1ccc(C2NC(=O)N(CC)C(C)=C2c2nc(-c3ccc(Cl)cc3)no2)cc1. The molecule has 1 aliphatic rings. The van der Waals surface area contributed by atoms with Gasteiger partial charge in [0.05, 0.1) is 11.6 Å². The van der Waals surface area contributed by atoms with Crippen LogP contribution in [0.4, 0.5) is 4.79 Å². The van der Waals surface area contributed by atoms with Crippen LogP contribution in [0.5, 0.6) is 0 Å². The highest BCUT2D eigenvalue weighted by molar-refractivity contribution is 6.30. The molecule has 2 aromatic carbocycles. The number of benzene rings is 2. The molecular formula is C23H23ClN4O2. The Morgan fingerprint density at radius 1 is 1.10 bits per heavy atom. The van der Waals surface area contributed by atoms with Gasteiger partial charge in [-0.05, 0) is 55.7 Å². The number of carbonyl (C=O) groups is 1. The molecule has 0 bridgehead atoms. The van der Waals surface area contributed by atoms with Crippen molar-refractivity contribution in [2.24, 2.45) is 0 Å². The smallest absolute Gasteiger partial charge is 0.322 e. The highest BCUT2D eigenvalue weighted by Gasteiger charge is 2.35. The van der Waals surface area contributed by atoms with Gasteiger partial charge in [0.2, 0.25) is 5.82 Å². The van der Waals surface area contributed by atoms with Gasteiger partial charge in [-0.3, -0.25) is 4.90 Å². The number of carbonyl (C=O) groups excluding carboxylic acids is 1. The van der Waals surface area contributed by atoms with Crippen molar-refractivity contribution in [3.05, 3.63) is 76.3 Å². The molecule has 154 valence electrons. The zero-order chi connectivity index (χ0) is 21.3. The quantitative estimate of drug-likeness (QED) is 0.591. The second kappa shape index (κ2) is 8.32. The van der Waals surface area contributed by atoms with Crippen LogP contribution in [0.25, 0.3) is 17.0 Å². The Morgan fingerprint density at radius 2 is 1.80 bits per heavy atom. The van der Waals surface area contributed by atoms with Crippen LogP contribution >= 0.6 is 11.6 Å². The van der Waals surface area contributed by atoms with E-state index in [0.29, 0.717) is 23.3 Å². The van der Waals surface area contributed by atoms with Gasteiger partial charge in [0, 0.05) is 22.8 Å². The van der Waals surface area contributed by atoms with E-state index in [0.717, 1.165) is 28.8 Å². The molecule has 1 unspecified atom stereocenters. The van der Waals surface area contributed by atoms with E-state index in [2.05, 4.69) is 34.5 Å². The molecule has 1 N–H and O–H groups in total. The van der Waals surface area contributed by atoms with Crippen LogP contribution in [0.2, 0.25) is 5.02 Å². The lowest BCUT2D eigenvalue weighted by Gasteiger charge is -2.34. The van der Waals surface area contributed by atoms with Crippen molar-refractivity contribution in [2.75, 3.05) is 6.54 Å². The first kappa shape index (κ1) is 20.2. The summed E-state index contributed by atoms with van der Waals surface area (Å²) in [5, 5.41) is 7.89. The Bertz CT molecular complexity index is 1090. The summed E-state index contributed by atoms with van der Waals surface area (Å²) >= 11 is 5.98. The Morgan fingerprint density at radius 3 is 2.43 bits per heavy atom. The molecule has 7 heteroatoms. The van der Waals surface area contributed by atoms with E-state index >= 15 is 0 Å². The third-order valence-corrected chi connectivity index (χ3v) is 5.64. The molecule has 0 saturated carbocycles. The first-order valence-corrected chi connectivity index (χ1v) is 10.4. The molecule has 2 amide bonds. The molecule has 0 saturated heterocycles. The Labute approximate surface area is 180 Å². The predicted octanol–water partition coefficient (Wildman–Crippen LogP) is 5.47. The average Bonchev–Trinajstić information content (AvgIpc) is 3.24. The van der Waals surface area contributed by atoms with Crippen LogP contribution in [-0.2, 0) is 6.42 Å². The van der Waals surface area contributed by atoms with Gasteiger partial charge in [0.1, 0.15) is 0 Å². The van der Waals surface area contributed by atoms with Gasteiger partial charge < -0.3 is 9.84 Å². The second-order valence-electron chi connectivity index (χ2n) is 7.15. The fourth-order valence-corrected chi connectivity index (χ4v) is 3.81. The number of allylic oxidation sites excluding steroid dienone is 1. The Balaban J connectivity index is 1.79. The lowest BCUT2D eigenvalue weighted by Crippen LogP contribution is -2.45. The summed E-state index contributed by atoms with van der Waals surface area (Å²) < 4.78 is 5.65. The summed E-state index contributed by atoms with van der Waals surface area (Å²) in [6.07, 6.45) is 0.955. The maximum atomic E-state index is 12.7. The fraction of sp³-hybridized carbons (Fsp3) is 0.261. The van der Waals surface area contributed by atoms with Gasteiger partial charge in [0.25, 0.3) is 5.89 Å². The lowest BCUT2D eigenvalue weighted by molar-refractivity contribution is 0.207. The maximum absolute atomic E-state index is 12.7. The first-order chi connectivity index (χ1) is 14.5.